The van der Waals surface area contributed by atoms with Crippen LogP contribution in [0.3, 0.4) is 0 Å². The van der Waals surface area contributed by atoms with Crippen LogP contribution in [0, 0.1) is 11.4 Å². The van der Waals surface area contributed by atoms with E-state index in [0.717, 1.165) is 16.2 Å². The minimum atomic E-state index is -0.497. The van der Waals surface area contributed by atoms with E-state index in [1.807, 2.05) is 0 Å². The third-order valence-corrected chi connectivity index (χ3v) is 3.56. The molecule has 3 heterocycles. The quantitative estimate of drug-likeness (QED) is 0.725. The van der Waals surface area contributed by atoms with Crippen molar-refractivity contribution in [1.29, 1.82) is 0 Å². The number of rotatable bonds is 0. The molecule has 2 aromatic heterocycles. The van der Waals surface area contributed by atoms with Crippen LogP contribution in [0.25, 0.3) is 10.8 Å². The van der Waals surface area contributed by atoms with Crippen LogP contribution in [0.2, 0.25) is 0 Å². The van der Waals surface area contributed by atoms with Crippen molar-refractivity contribution >= 4 is 23.6 Å². The zero-order valence-corrected chi connectivity index (χ0v) is 10.5. The smallest absolute Gasteiger partial charge is 0.289 e. The minimum absolute atomic E-state index is 0.0280. The lowest BCUT2D eigenvalue weighted by molar-refractivity contribution is 0.342. The van der Waals surface area contributed by atoms with Crippen LogP contribution in [-0.4, -0.2) is 13.8 Å². The van der Waals surface area contributed by atoms with Crippen molar-refractivity contribution < 1.29 is 4.39 Å². The molecule has 1 aliphatic heterocycles. The summed E-state index contributed by atoms with van der Waals surface area (Å²) in [6.07, 6.45) is 2.27. The number of thiol groups is 1. The number of hydrogen-bond donors (Lipinski definition) is 1. The summed E-state index contributed by atoms with van der Waals surface area (Å²) in [6.45, 7) is 4.76. The summed E-state index contributed by atoms with van der Waals surface area (Å²) in [7, 11) is 0. The van der Waals surface area contributed by atoms with E-state index in [-0.39, 0.29) is 10.8 Å². The number of aromatic nitrogens is 3. The maximum atomic E-state index is 14.2. The lowest BCUT2D eigenvalue weighted by Gasteiger charge is -2.15. The molecule has 1 aliphatic rings. The Hall–Kier alpha value is -1.30. The fourth-order valence-corrected chi connectivity index (χ4v) is 2.71. The van der Waals surface area contributed by atoms with Gasteiger partial charge in [0.25, 0.3) is 5.56 Å². The summed E-state index contributed by atoms with van der Waals surface area (Å²) in [4.78, 5) is 11.8. The van der Waals surface area contributed by atoms with Crippen LogP contribution < -0.4 is 5.56 Å². The number of fused-ring (bicyclic) bond motifs is 3. The molecule has 2 aromatic rings. The second kappa shape index (κ2) is 3.13. The molecule has 0 fully saturated rings. The van der Waals surface area contributed by atoms with E-state index in [0.29, 0.717) is 11.9 Å². The van der Waals surface area contributed by atoms with Gasteiger partial charge in [-0.1, -0.05) is 13.8 Å². The largest absolute Gasteiger partial charge is 0.320 e. The third-order valence-electron chi connectivity index (χ3n) is 3.27. The van der Waals surface area contributed by atoms with Gasteiger partial charge < -0.3 is 4.57 Å². The van der Waals surface area contributed by atoms with Gasteiger partial charge in [0.1, 0.15) is 5.39 Å². The van der Waals surface area contributed by atoms with Crippen molar-refractivity contribution in [2.75, 3.05) is 0 Å². The average molecular weight is 253 g/mol. The molecule has 17 heavy (non-hydrogen) atoms. The second-order valence-corrected chi connectivity index (χ2v) is 5.67. The van der Waals surface area contributed by atoms with Gasteiger partial charge in [-0.3, -0.25) is 4.79 Å². The van der Waals surface area contributed by atoms with Crippen LogP contribution in [0.1, 0.15) is 19.5 Å². The molecule has 90 valence electrons. The third kappa shape index (κ3) is 1.36. The van der Waals surface area contributed by atoms with E-state index in [1.165, 1.54) is 6.20 Å². The van der Waals surface area contributed by atoms with Gasteiger partial charge in [-0.05, 0) is 24.7 Å². The number of nitrogens with zero attached hydrogens (tertiary/aromatic N) is 3. The first-order chi connectivity index (χ1) is 7.91. The van der Waals surface area contributed by atoms with Gasteiger partial charge in [0.2, 0.25) is 5.95 Å². The summed E-state index contributed by atoms with van der Waals surface area (Å²) in [5.74, 6) is -0.462. The molecule has 0 saturated carbocycles. The van der Waals surface area contributed by atoms with Crippen molar-refractivity contribution in [2.45, 2.75) is 26.8 Å². The van der Waals surface area contributed by atoms with Crippen LogP contribution >= 0.6 is 12.8 Å². The summed E-state index contributed by atoms with van der Waals surface area (Å²) in [5, 5.41) is 4.55. The molecule has 4 nitrogen and oxygen atoms in total. The highest BCUT2D eigenvalue weighted by atomic mass is 32.1. The SMILES string of the molecule is CC1(C)Cc2c3cnn(S)c(=O)c3c(F)n2C1. The topological polar surface area (TPSA) is 39.8 Å². The molecular formula is C11H12FN3OS. The van der Waals surface area contributed by atoms with Crippen molar-refractivity contribution in [3.8, 4) is 0 Å². The Balaban J connectivity index is 2.41. The van der Waals surface area contributed by atoms with E-state index >= 15 is 0 Å². The second-order valence-electron chi connectivity index (χ2n) is 5.29. The van der Waals surface area contributed by atoms with E-state index in [9.17, 15) is 9.18 Å². The first-order valence-electron chi connectivity index (χ1n) is 5.39. The zero-order chi connectivity index (χ0) is 12.4. The Kier molecular flexibility index (Phi) is 1.99. The van der Waals surface area contributed by atoms with E-state index in [1.54, 1.807) is 4.57 Å². The summed E-state index contributed by atoms with van der Waals surface area (Å²) in [6, 6.07) is 0. The molecule has 0 spiro atoms. The Morgan fingerprint density at radius 1 is 1.53 bits per heavy atom. The van der Waals surface area contributed by atoms with Crippen molar-refractivity contribution in [3.63, 3.8) is 0 Å². The van der Waals surface area contributed by atoms with E-state index in [2.05, 4.69) is 31.8 Å². The molecule has 0 amide bonds. The maximum Gasteiger partial charge on any atom is 0.289 e. The standard InChI is InChI=1S/C11H12FN3OS/c1-11(2)3-7-6-4-13-15(17)10(16)8(6)9(12)14(7)5-11/h4,17H,3,5H2,1-2H3. The van der Waals surface area contributed by atoms with Gasteiger partial charge in [-0.15, -0.1) is 0 Å². The molecule has 0 aromatic carbocycles. The highest BCUT2D eigenvalue weighted by Crippen LogP contribution is 2.37. The lowest BCUT2D eigenvalue weighted by atomic mass is 9.90. The predicted octanol–water partition coefficient (Wildman–Crippen LogP) is 1.61. The number of hydrogen-bond acceptors (Lipinski definition) is 3. The van der Waals surface area contributed by atoms with Gasteiger partial charge >= 0.3 is 0 Å². The Morgan fingerprint density at radius 2 is 2.24 bits per heavy atom. The van der Waals surface area contributed by atoms with Gasteiger partial charge in [-0.25, -0.2) is 0 Å². The molecule has 0 aliphatic carbocycles. The predicted molar refractivity (Wildman–Crippen MR) is 65.8 cm³/mol. The minimum Gasteiger partial charge on any atom is -0.320 e. The van der Waals surface area contributed by atoms with Gasteiger partial charge in [0.15, 0.2) is 0 Å². The van der Waals surface area contributed by atoms with Gasteiger partial charge in [0, 0.05) is 17.6 Å². The average Bonchev–Trinajstić information content (AvgIpc) is 2.67. The maximum absolute atomic E-state index is 14.2. The van der Waals surface area contributed by atoms with Crippen LogP contribution in [0.15, 0.2) is 11.0 Å². The molecular weight excluding hydrogens is 241 g/mol. The normalized spacial score (nSPS) is 17.6. The number of halogens is 1. The Morgan fingerprint density at radius 3 is 2.94 bits per heavy atom. The Labute approximate surface area is 103 Å². The molecule has 6 heteroatoms. The summed E-state index contributed by atoms with van der Waals surface area (Å²) < 4.78 is 16.7. The lowest BCUT2D eigenvalue weighted by Crippen LogP contribution is -2.18. The monoisotopic (exact) mass is 253 g/mol. The fraction of sp³-hybridized carbons (Fsp3) is 0.455. The van der Waals surface area contributed by atoms with E-state index < -0.39 is 11.5 Å². The first kappa shape index (κ1) is 10.8. The van der Waals surface area contributed by atoms with Crippen molar-refractivity contribution in [1.82, 2.24) is 13.8 Å². The first-order valence-corrected chi connectivity index (χ1v) is 5.79. The zero-order valence-electron chi connectivity index (χ0n) is 9.57. The molecule has 0 unspecified atom stereocenters. The van der Waals surface area contributed by atoms with Crippen LogP contribution in [0.4, 0.5) is 4.39 Å². The molecule has 3 rings (SSSR count). The molecule has 0 N–H and O–H groups in total. The van der Waals surface area contributed by atoms with Crippen molar-refractivity contribution in [2.24, 2.45) is 5.41 Å². The molecule has 0 atom stereocenters. The van der Waals surface area contributed by atoms with Crippen molar-refractivity contribution in [3.05, 3.63) is 28.2 Å². The molecule has 0 radical (unpaired) electrons. The summed E-state index contributed by atoms with van der Waals surface area (Å²) >= 11 is 3.86. The summed E-state index contributed by atoms with van der Waals surface area (Å²) in [5.41, 5.74) is 0.393. The molecule has 0 saturated heterocycles. The van der Waals surface area contributed by atoms with Crippen LogP contribution in [0.5, 0.6) is 0 Å². The molecule has 0 bridgehead atoms. The van der Waals surface area contributed by atoms with E-state index in [4.69, 9.17) is 0 Å². The van der Waals surface area contributed by atoms with Gasteiger partial charge in [-0.2, -0.15) is 13.6 Å². The van der Waals surface area contributed by atoms with Crippen LogP contribution in [-0.2, 0) is 13.0 Å². The fourth-order valence-electron chi connectivity index (χ4n) is 2.55. The highest BCUT2D eigenvalue weighted by molar-refractivity contribution is 7.78. The Bertz CT molecular complexity index is 686. The highest BCUT2D eigenvalue weighted by Gasteiger charge is 2.34. The van der Waals surface area contributed by atoms with Gasteiger partial charge in [0.05, 0.1) is 6.20 Å².